The third-order valence-corrected chi connectivity index (χ3v) is 3.69. The van der Waals surface area contributed by atoms with Gasteiger partial charge in [0.25, 0.3) is 5.56 Å². The lowest BCUT2D eigenvalue weighted by molar-refractivity contribution is 0.476. The highest BCUT2D eigenvalue weighted by Gasteiger charge is 2.12. The van der Waals surface area contributed by atoms with Gasteiger partial charge in [-0.3, -0.25) is 9.36 Å². The quantitative estimate of drug-likeness (QED) is 0.806. The first-order valence-corrected chi connectivity index (χ1v) is 7.42. The molecular weight excluding hydrogens is 276 g/mol. The Morgan fingerprint density at radius 2 is 1.86 bits per heavy atom. The first kappa shape index (κ1) is 14.3. The van der Waals surface area contributed by atoms with E-state index in [9.17, 15) is 9.90 Å². The molecule has 2 aromatic carbocycles. The number of nitrogens with zero attached hydrogens (tertiary/aromatic N) is 2. The number of aromatic nitrogens is 2. The van der Waals surface area contributed by atoms with Crippen LogP contribution in [0.15, 0.2) is 47.3 Å². The van der Waals surface area contributed by atoms with Crippen LogP contribution in [0.4, 0.5) is 0 Å². The summed E-state index contributed by atoms with van der Waals surface area (Å²) in [4.78, 5) is 17.5. The highest BCUT2D eigenvalue weighted by molar-refractivity contribution is 5.79. The molecule has 0 spiro atoms. The summed E-state index contributed by atoms with van der Waals surface area (Å²) in [5.41, 5.74) is 2.41. The molecule has 112 valence electrons. The largest absolute Gasteiger partial charge is 0.508 e. The first-order chi connectivity index (χ1) is 10.6. The van der Waals surface area contributed by atoms with E-state index in [2.05, 4.69) is 11.9 Å². The van der Waals surface area contributed by atoms with Crippen LogP contribution in [0.3, 0.4) is 0 Å². The second-order valence-corrected chi connectivity index (χ2v) is 5.46. The van der Waals surface area contributed by atoms with Gasteiger partial charge in [-0.1, -0.05) is 24.6 Å². The van der Waals surface area contributed by atoms with Crippen LogP contribution in [0.5, 0.6) is 5.75 Å². The number of rotatable bonds is 3. The zero-order valence-electron chi connectivity index (χ0n) is 12.7. The van der Waals surface area contributed by atoms with Crippen molar-refractivity contribution in [2.24, 2.45) is 0 Å². The van der Waals surface area contributed by atoms with Crippen LogP contribution in [-0.4, -0.2) is 14.7 Å². The summed E-state index contributed by atoms with van der Waals surface area (Å²) >= 11 is 0. The summed E-state index contributed by atoms with van der Waals surface area (Å²) in [5.74, 6) is 0.837. The van der Waals surface area contributed by atoms with Gasteiger partial charge in [0.1, 0.15) is 11.6 Å². The summed E-state index contributed by atoms with van der Waals surface area (Å²) in [7, 11) is 0. The second-order valence-electron chi connectivity index (χ2n) is 5.46. The predicted molar refractivity (Wildman–Crippen MR) is 87.7 cm³/mol. The number of hydrogen-bond acceptors (Lipinski definition) is 3. The van der Waals surface area contributed by atoms with E-state index in [1.54, 1.807) is 10.6 Å². The maximum atomic E-state index is 12.9. The van der Waals surface area contributed by atoms with Crippen molar-refractivity contribution in [2.75, 3.05) is 0 Å². The van der Waals surface area contributed by atoms with Crippen molar-refractivity contribution in [2.45, 2.75) is 26.7 Å². The molecule has 3 aromatic rings. The first-order valence-electron chi connectivity index (χ1n) is 7.42. The van der Waals surface area contributed by atoms with Gasteiger partial charge in [-0.2, -0.15) is 0 Å². The van der Waals surface area contributed by atoms with Crippen LogP contribution < -0.4 is 5.56 Å². The van der Waals surface area contributed by atoms with Gasteiger partial charge in [0.05, 0.1) is 16.6 Å². The summed E-state index contributed by atoms with van der Waals surface area (Å²) < 4.78 is 1.67. The second kappa shape index (κ2) is 5.64. The van der Waals surface area contributed by atoms with Crippen molar-refractivity contribution < 1.29 is 5.11 Å². The molecule has 0 aliphatic rings. The molecule has 0 amide bonds. The minimum Gasteiger partial charge on any atom is -0.508 e. The summed E-state index contributed by atoms with van der Waals surface area (Å²) in [6.07, 6.45) is 1.59. The van der Waals surface area contributed by atoms with Crippen LogP contribution in [0.1, 0.15) is 24.7 Å². The monoisotopic (exact) mass is 294 g/mol. The molecule has 0 fully saturated rings. The van der Waals surface area contributed by atoms with E-state index in [1.807, 2.05) is 31.2 Å². The topological polar surface area (TPSA) is 55.1 Å². The molecule has 3 rings (SSSR count). The van der Waals surface area contributed by atoms with Crippen molar-refractivity contribution in [1.29, 1.82) is 0 Å². The lowest BCUT2D eigenvalue weighted by atomic mass is 10.2. The van der Waals surface area contributed by atoms with Crippen LogP contribution in [0.25, 0.3) is 16.6 Å². The molecule has 0 saturated carbocycles. The highest BCUT2D eigenvalue weighted by Crippen LogP contribution is 2.18. The summed E-state index contributed by atoms with van der Waals surface area (Å²) in [6, 6.07) is 12.5. The molecule has 0 bridgehead atoms. The van der Waals surface area contributed by atoms with Crippen LogP contribution in [0.2, 0.25) is 0 Å². The van der Waals surface area contributed by atoms with Gasteiger partial charge in [0.15, 0.2) is 0 Å². The van der Waals surface area contributed by atoms with Crippen molar-refractivity contribution in [3.8, 4) is 11.4 Å². The smallest absolute Gasteiger partial charge is 0.265 e. The molecule has 22 heavy (non-hydrogen) atoms. The maximum Gasteiger partial charge on any atom is 0.265 e. The van der Waals surface area contributed by atoms with E-state index < -0.39 is 0 Å². The van der Waals surface area contributed by atoms with Crippen LogP contribution in [0, 0.1) is 6.92 Å². The maximum absolute atomic E-state index is 12.9. The van der Waals surface area contributed by atoms with Gasteiger partial charge in [-0.15, -0.1) is 0 Å². The Labute approximate surface area is 128 Å². The fraction of sp³-hybridized carbons (Fsp3) is 0.222. The van der Waals surface area contributed by atoms with E-state index >= 15 is 0 Å². The molecule has 0 aliphatic heterocycles. The Balaban J connectivity index is 2.33. The van der Waals surface area contributed by atoms with Crippen LogP contribution >= 0.6 is 0 Å². The number of fused-ring (bicyclic) bond motifs is 1. The summed E-state index contributed by atoms with van der Waals surface area (Å²) in [5, 5.41) is 10.1. The average molecular weight is 294 g/mol. The molecule has 4 heteroatoms. The van der Waals surface area contributed by atoms with Crippen molar-refractivity contribution >= 4 is 10.9 Å². The Hall–Kier alpha value is -2.62. The molecule has 0 atom stereocenters. The van der Waals surface area contributed by atoms with Gasteiger partial charge >= 0.3 is 0 Å². The van der Waals surface area contributed by atoms with Crippen molar-refractivity contribution in [3.05, 3.63) is 64.2 Å². The van der Waals surface area contributed by atoms with Crippen LogP contribution in [-0.2, 0) is 6.42 Å². The fourth-order valence-corrected chi connectivity index (χ4v) is 2.57. The van der Waals surface area contributed by atoms with Crippen molar-refractivity contribution in [3.63, 3.8) is 0 Å². The Bertz CT molecular complexity index is 880. The lowest BCUT2D eigenvalue weighted by Crippen LogP contribution is -2.23. The van der Waals surface area contributed by atoms with E-state index in [0.29, 0.717) is 17.3 Å². The van der Waals surface area contributed by atoms with Gasteiger partial charge in [0.2, 0.25) is 0 Å². The molecule has 0 aliphatic carbocycles. The number of aryl methyl sites for hydroxylation is 2. The molecule has 0 saturated heterocycles. The Morgan fingerprint density at radius 1 is 1.14 bits per heavy atom. The molecular formula is C18H18N2O2. The molecule has 0 unspecified atom stereocenters. The third-order valence-electron chi connectivity index (χ3n) is 3.69. The zero-order valence-corrected chi connectivity index (χ0v) is 12.7. The van der Waals surface area contributed by atoms with Gasteiger partial charge < -0.3 is 5.11 Å². The number of phenolic OH excluding ortho intramolecular Hbond substituents is 1. The Morgan fingerprint density at radius 3 is 2.55 bits per heavy atom. The standard InChI is InChI=1S/C18H18N2O2/c1-3-4-17-19-16-11-14(21)9-10-15(16)18(22)20(17)13-7-5-12(2)6-8-13/h5-11,21H,3-4H2,1-2H3. The number of aromatic hydroxyl groups is 1. The molecule has 1 heterocycles. The summed E-state index contributed by atoms with van der Waals surface area (Å²) in [6.45, 7) is 4.07. The van der Waals surface area contributed by atoms with Crippen molar-refractivity contribution in [1.82, 2.24) is 9.55 Å². The normalized spacial score (nSPS) is 11.0. The third kappa shape index (κ3) is 2.48. The van der Waals surface area contributed by atoms with E-state index in [4.69, 9.17) is 0 Å². The van der Waals surface area contributed by atoms with Gasteiger partial charge in [-0.05, 0) is 37.6 Å². The molecule has 0 radical (unpaired) electrons. The van der Waals surface area contributed by atoms with E-state index in [0.717, 1.165) is 23.5 Å². The molecule has 1 N–H and O–H groups in total. The lowest BCUT2D eigenvalue weighted by Gasteiger charge is -2.13. The number of benzene rings is 2. The number of hydrogen-bond donors (Lipinski definition) is 1. The van der Waals surface area contributed by atoms with Gasteiger partial charge in [0, 0.05) is 12.5 Å². The SMILES string of the molecule is CCCc1nc2cc(O)ccc2c(=O)n1-c1ccc(C)cc1. The predicted octanol–water partition coefficient (Wildman–Crippen LogP) is 3.35. The molecule has 1 aromatic heterocycles. The van der Waals surface area contributed by atoms with E-state index in [1.165, 1.54) is 12.1 Å². The minimum absolute atomic E-state index is 0.0997. The Kier molecular flexibility index (Phi) is 3.67. The highest BCUT2D eigenvalue weighted by atomic mass is 16.3. The fourth-order valence-electron chi connectivity index (χ4n) is 2.57. The minimum atomic E-state index is -0.0997. The van der Waals surface area contributed by atoms with E-state index in [-0.39, 0.29) is 11.3 Å². The molecule has 4 nitrogen and oxygen atoms in total. The average Bonchev–Trinajstić information content (AvgIpc) is 2.49. The van der Waals surface area contributed by atoms with Gasteiger partial charge in [-0.25, -0.2) is 4.98 Å². The number of phenols is 1. The zero-order chi connectivity index (χ0) is 15.7.